The molecule has 10 heteroatoms. The van der Waals surface area contributed by atoms with Crippen molar-refractivity contribution < 1.29 is 22.7 Å². The summed E-state index contributed by atoms with van der Waals surface area (Å²) < 4.78 is 31.5. The molecule has 0 heterocycles. The van der Waals surface area contributed by atoms with Crippen molar-refractivity contribution in [3.63, 3.8) is 0 Å². The lowest BCUT2D eigenvalue weighted by Gasteiger charge is -2.31. The lowest BCUT2D eigenvalue weighted by atomic mass is 10.1. The Kier molecular flexibility index (Phi) is 9.13. The molecule has 2 amide bonds. The van der Waals surface area contributed by atoms with Crippen LogP contribution in [0.4, 0.5) is 5.69 Å². The maximum atomic E-state index is 13.5. The van der Waals surface area contributed by atoms with Crippen LogP contribution in [0.1, 0.15) is 25.0 Å². The van der Waals surface area contributed by atoms with E-state index in [1.165, 1.54) is 24.1 Å². The number of ether oxygens (including phenoxy) is 1. The largest absolute Gasteiger partial charge is 0.495 e. The summed E-state index contributed by atoms with van der Waals surface area (Å²) in [6, 6.07) is 11.3. The van der Waals surface area contributed by atoms with Gasteiger partial charge in [-0.05, 0) is 44.5 Å². The van der Waals surface area contributed by atoms with Crippen molar-refractivity contribution in [2.24, 2.45) is 0 Å². The molecule has 2 aromatic carbocycles. The molecule has 0 saturated carbocycles. The van der Waals surface area contributed by atoms with Gasteiger partial charge in [-0.2, -0.15) is 0 Å². The number of nitrogens with one attached hydrogen (secondary N) is 1. The van der Waals surface area contributed by atoms with Gasteiger partial charge >= 0.3 is 0 Å². The number of hydrogen-bond acceptors (Lipinski definition) is 5. The van der Waals surface area contributed by atoms with Crippen LogP contribution in [-0.2, 0) is 26.2 Å². The van der Waals surface area contributed by atoms with Gasteiger partial charge in [0.1, 0.15) is 18.3 Å². The van der Waals surface area contributed by atoms with E-state index in [0.717, 1.165) is 21.7 Å². The summed E-state index contributed by atoms with van der Waals surface area (Å²) in [5.74, 6) is -0.618. The van der Waals surface area contributed by atoms with Crippen LogP contribution in [-0.4, -0.2) is 57.6 Å². The molecule has 8 nitrogen and oxygen atoms in total. The van der Waals surface area contributed by atoms with Crippen molar-refractivity contribution in [3.05, 3.63) is 58.6 Å². The zero-order chi connectivity index (χ0) is 24.8. The molecule has 1 atom stereocenters. The number of anilines is 1. The Morgan fingerprint density at radius 3 is 2.45 bits per heavy atom. The maximum absolute atomic E-state index is 13.5. The number of carbonyl (C=O) groups excluding carboxylic acids is 2. The van der Waals surface area contributed by atoms with Crippen LogP contribution >= 0.6 is 11.6 Å². The molecule has 0 saturated heterocycles. The zero-order valence-electron chi connectivity index (χ0n) is 19.5. The SMILES string of the molecule is CCNC(=O)[C@@H](C)N(Cc1cccc(C)c1)C(=O)CN(c1cc(Cl)ccc1OC)S(C)(=O)=O. The Bertz CT molecular complexity index is 1110. The van der Waals surface area contributed by atoms with Gasteiger partial charge in [0.25, 0.3) is 0 Å². The second kappa shape index (κ2) is 11.4. The number of nitrogens with zero attached hydrogens (tertiary/aromatic N) is 2. The second-order valence-corrected chi connectivity index (χ2v) is 10.0. The number of halogens is 1. The minimum atomic E-state index is -3.89. The van der Waals surface area contributed by atoms with Crippen molar-refractivity contribution in [2.45, 2.75) is 33.4 Å². The second-order valence-electron chi connectivity index (χ2n) is 7.67. The monoisotopic (exact) mass is 495 g/mol. The molecule has 0 bridgehead atoms. The third kappa shape index (κ3) is 7.10. The summed E-state index contributed by atoms with van der Waals surface area (Å²) >= 11 is 6.09. The van der Waals surface area contributed by atoms with Crippen molar-refractivity contribution in [1.29, 1.82) is 0 Å². The van der Waals surface area contributed by atoms with E-state index < -0.39 is 28.5 Å². The van der Waals surface area contributed by atoms with Gasteiger partial charge in [0.15, 0.2) is 0 Å². The van der Waals surface area contributed by atoms with Gasteiger partial charge in [-0.1, -0.05) is 41.4 Å². The summed E-state index contributed by atoms with van der Waals surface area (Å²) in [5.41, 5.74) is 1.97. The van der Waals surface area contributed by atoms with Crippen LogP contribution < -0.4 is 14.4 Å². The first-order valence-electron chi connectivity index (χ1n) is 10.4. The number of amides is 2. The van der Waals surface area contributed by atoms with Gasteiger partial charge in [-0.25, -0.2) is 8.42 Å². The van der Waals surface area contributed by atoms with E-state index in [1.54, 1.807) is 19.9 Å². The van der Waals surface area contributed by atoms with E-state index in [4.69, 9.17) is 16.3 Å². The molecule has 1 N–H and O–H groups in total. The Balaban J connectivity index is 2.46. The van der Waals surface area contributed by atoms with Crippen molar-refractivity contribution in [3.8, 4) is 5.75 Å². The molecular weight excluding hydrogens is 466 g/mol. The van der Waals surface area contributed by atoms with Crippen molar-refractivity contribution in [2.75, 3.05) is 30.8 Å². The minimum absolute atomic E-state index is 0.141. The molecule has 33 heavy (non-hydrogen) atoms. The minimum Gasteiger partial charge on any atom is -0.495 e. The topological polar surface area (TPSA) is 96.0 Å². The normalized spacial score (nSPS) is 12.1. The van der Waals surface area contributed by atoms with Crippen LogP contribution in [0.25, 0.3) is 0 Å². The van der Waals surface area contributed by atoms with Crippen LogP contribution in [0, 0.1) is 6.92 Å². The first kappa shape index (κ1) is 26.5. The fourth-order valence-corrected chi connectivity index (χ4v) is 4.38. The molecule has 2 rings (SSSR count). The zero-order valence-corrected chi connectivity index (χ0v) is 21.0. The third-order valence-electron chi connectivity index (χ3n) is 5.04. The van der Waals surface area contributed by atoms with Crippen LogP contribution in [0.3, 0.4) is 0 Å². The Labute approximate surface area is 200 Å². The average Bonchev–Trinajstić information content (AvgIpc) is 2.74. The van der Waals surface area contributed by atoms with Crippen LogP contribution in [0.15, 0.2) is 42.5 Å². The molecule has 2 aromatic rings. The predicted molar refractivity (Wildman–Crippen MR) is 130 cm³/mol. The Morgan fingerprint density at radius 1 is 1.18 bits per heavy atom. The smallest absolute Gasteiger partial charge is 0.244 e. The van der Waals surface area contributed by atoms with Crippen LogP contribution in [0.2, 0.25) is 5.02 Å². The number of sulfonamides is 1. The highest BCUT2D eigenvalue weighted by molar-refractivity contribution is 7.92. The van der Waals surface area contributed by atoms with Crippen LogP contribution in [0.5, 0.6) is 5.75 Å². The molecule has 180 valence electrons. The quantitative estimate of drug-likeness (QED) is 0.546. The van der Waals surface area contributed by atoms with Gasteiger partial charge in [0.2, 0.25) is 21.8 Å². The predicted octanol–water partition coefficient (Wildman–Crippen LogP) is 2.98. The van der Waals surface area contributed by atoms with Gasteiger partial charge < -0.3 is 15.0 Å². The van der Waals surface area contributed by atoms with Gasteiger partial charge in [0, 0.05) is 18.1 Å². The van der Waals surface area contributed by atoms with Crippen molar-refractivity contribution >= 4 is 39.1 Å². The first-order chi connectivity index (χ1) is 15.5. The molecule has 0 radical (unpaired) electrons. The van der Waals surface area contributed by atoms with E-state index in [0.29, 0.717) is 11.6 Å². The van der Waals surface area contributed by atoms with Crippen molar-refractivity contribution in [1.82, 2.24) is 10.2 Å². The number of carbonyl (C=O) groups is 2. The highest BCUT2D eigenvalue weighted by atomic mass is 35.5. The Morgan fingerprint density at radius 2 is 1.88 bits per heavy atom. The lowest BCUT2D eigenvalue weighted by Crippen LogP contribution is -2.51. The highest BCUT2D eigenvalue weighted by Gasteiger charge is 2.31. The summed E-state index contributed by atoms with van der Waals surface area (Å²) in [5, 5.41) is 3.01. The number of methoxy groups -OCH3 is 1. The summed E-state index contributed by atoms with van der Waals surface area (Å²) in [4.78, 5) is 27.4. The molecule has 0 fully saturated rings. The first-order valence-corrected chi connectivity index (χ1v) is 12.6. The number of hydrogen-bond donors (Lipinski definition) is 1. The lowest BCUT2D eigenvalue weighted by molar-refractivity contribution is -0.139. The van der Waals surface area contributed by atoms with Gasteiger partial charge in [-0.15, -0.1) is 0 Å². The average molecular weight is 496 g/mol. The third-order valence-corrected chi connectivity index (χ3v) is 6.40. The molecule has 0 aliphatic rings. The molecule has 0 unspecified atom stereocenters. The highest BCUT2D eigenvalue weighted by Crippen LogP contribution is 2.33. The summed E-state index contributed by atoms with van der Waals surface area (Å²) in [6.07, 6.45) is 0.999. The number of rotatable bonds is 10. The van der Waals surface area contributed by atoms with E-state index >= 15 is 0 Å². The fraction of sp³-hybridized carbons (Fsp3) is 0.391. The van der Waals surface area contributed by atoms with E-state index in [1.807, 2.05) is 31.2 Å². The summed E-state index contributed by atoms with van der Waals surface area (Å²) in [6.45, 7) is 5.36. The molecule has 0 aliphatic carbocycles. The van der Waals surface area contributed by atoms with Gasteiger partial charge in [-0.3, -0.25) is 13.9 Å². The standard InChI is InChI=1S/C23H30ClN3O5S/c1-6-25-23(29)17(3)26(14-18-9-7-8-16(2)12-18)22(28)15-27(33(5,30)31)20-13-19(24)10-11-21(20)32-4/h7-13,17H,6,14-15H2,1-5H3,(H,25,29)/t17-/m1/s1. The number of likely N-dealkylation sites (N-methyl/N-ethyl adjacent to an activating group) is 1. The van der Waals surface area contributed by atoms with Gasteiger partial charge in [0.05, 0.1) is 19.1 Å². The van der Waals surface area contributed by atoms with E-state index in [9.17, 15) is 18.0 Å². The number of aryl methyl sites for hydroxylation is 1. The van der Waals surface area contributed by atoms with E-state index in [2.05, 4.69) is 5.32 Å². The molecule has 0 aliphatic heterocycles. The Hall–Kier alpha value is -2.78. The van der Waals surface area contributed by atoms with E-state index in [-0.39, 0.29) is 23.9 Å². The summed E-state index contributed by atoms with van der Waals surface area (Å²) in [7, 11) is -2.49. The number of benzene rings is 2. The fourth-order valence-electron chi connectivity index (χ4n) is 3.36. The maximum Gasteiger partial charge on any atom is 0.244 e. The molecule has 0 spiro atoms. The molecule has 0 aromatic heterocycles. The molecular formula is C23H30ClN3O5S.